The lowest BCUT2D eigenvalue weighted by molar-refractivity contribution is -0.119. The lowest BCUT2D eigenvalue weighted by atomic mass is 10.1. The number of anilines is 4. The summed E-state index contributed by atoms with van der Waals surface area (Å²) in [5.74, 6) is -0.549. The van der Waals surface area contributed by atoms with E-state index in [4.69, 9.17) is 0 Å². The molecule has 3 aromatic rings. The van der Waals surface area contributed by atoms with Crippen LogP contribution in [0.5, 0.6) is 0 Å². The monoisotopic (exact) mass is 444 g/mol. The van der Waals surface area contributed by atoms with Crippen LogP contribution in [-0.4, -0.2) is 31.3 Å². The normalized spacial score (nSPS) is 10.4. The molecule has 3 aromatic carbocycles. The first-order valence-electron chi connectivity index (χ1n) is 10.7. The number of hydrogen-bond acceptors (Lipinski definition) is 4. The van der Waals surface area contributed by atoms with Gasteiger partial charge in [0.15, 0.2) is 0 Å². The van der Waals surface area contributed by atoms with Gasteiger partial charge < -0.3 is 20.9 Å². The molecule has 0 aromatic heterocycles. The van der Waals surface area contributed by atoms with Crippen molar-refractivity contribution in [3.8, 4) is 0 Å². The number of hydrogen-bond donors (Lipinski definition) is 3. The third-order valence-electron chi connectivity index (χ3n) is 4.97. The molecule has 0 aliphatic heterocycles. The number of rotatable bonds is 8. The van der Waals surface area contributed by atoms with Crippen molar-refractivity contribution in [2.45, 2.75) is 13.8 Å². The van der Waals surface area contributed by atoms with Crippen LogP contribution in [0.15, 0.2) is 78.9 Å². The van der Waals surface area contributed by atoms with Crippen molar-refractivity contribution >= 4 is 40.5 Å². The van der Waals surface area contributed by atoms with E-state index in [0.29, 0.717) is 16.9 Å². The number of nitrogens with zero attached hydrogens (tertiary/aromatic N) is 1. The molecule has 0 atom stereocenters. The first-order valence-corrected chi connectivity index (χ1v) is 10.7. The Morgan fingerprint density at radius 1 is 0.788 bits per heavy atom. The lowest BCUT2D eigenvalue weighted by Gasteiger charge is -2.17. The van der Waals surface area contributed by atoms with Crippen LogP contribution in [0.3, 0.4) is 0 Å². The summed E-state index contributed by atoms with van der Waals surface area (Å²) in [5.41, 5.74) is 3.31. The second-order valence-corrected chi connectivity index (χ2v) is 7.90. The van der Waals surface area contributed by atoms with Crippen molar-refractivity contribution in [1.29, 1.82) is 0 Å². The summed E-state index contributed by atoms with van der Waals surface area (Å²) >= 11 is 0. The highest BCUT2D eigenvalue weighted by Crippen LogP contribution is 2.18. The van der Waals surface area contributed by atoms with Crippen molar-refractivity contribution in [3.63, 3.8) is 0 Å². The van der Waals surface area contributed by atoms with E-state index in [2.05, 4.69) is 16.0 Å². The maximum atomic E-state index is 12.7. The quantitative estimate of drug-likeness (QED) is 0.473. The maximum absolute atomic E-state index is 12.7. The highest BCUT2D eigenvalue weighted by molar-refractivity contribution is 6.06. The highest BCUT2D eigenvalue weighted by Gasteiger charge is 2.13. The van der Waals surface area contributed by atoms with Gasteiger partial charge in [-0.2, -0.15) is 0 Å². The van der Waals surface area contributed by atoms with Crippen molar-refractivity contribution in [1.82, 2.24) is 0 Å². The Kier molecular flexibility index (Phi) is 7.81. The Morgan fingerprint density at radius 2 is 1.45 bits per heavy atom. The van der Waals surface area contributed by atoms with Gasteiger partial charge in [-0.3, -0.25) is 14.4 Å². The third-order valence-corrected chi connectivity index (χ3v) is 4.97. The van der Waals surface area contributed by atoms with Crippen molar-refractivity contribution < 1.29 is 14.4 Å². The topological polar surface area (TPSA) is 90.5 Å². The van der Waals surface area contributed by atoms with Gasteiger partial charge in [-0.15, -0.1) is 0 Å². The molecule has 3 N–H and O–H groups in total. The molecule has 33 heavy (non-hydrogen) atoms. The van der Waals surface area contributed by atoms with Crippen LogP contribution in [0, 0.1) is 5.92 Å². The number of carbonyl (C=O) groups excluding carboxylic acids is 3. The fourth-order valence-corrected chi connectivity index (χ4v) is 3.04. The Hall–Kier alpha value is -4.13. The molecule has 170 valence electrons. The second kappa shape index (κ2) is 10.9. The molecule has 3 rings (SSSR count). The number of para-hydroxylation sites is 1. The van der Waals surface area contributed by atoms with E-state index in [1.165, 1.54) is 0 Å². The smallest absolute Gasteiger partial charge is 0.258 e. The maximum Gasteiger partial charge on any atom is 0.258 e. The molecule has 0 heterocycles. The minimum Gasteiger partial charge on any atom is -0.376 e. The molecular formula is C26H28N4O3. The van der Waals surface area contributed by atoms with Gasteiger partial charge in [-0.05, 0) is 54.6 Å². The predicted octanol–water partition coefficient (Wildman–Crippen LogP) is 4.61. The number of amides is 3. The molecule has 0 bridgehead atoms. The van der Waals surface area contributed by atoms with Gasteiger partial charge in [0.1, 0.15) is 0 Å². The van der Waals surface area contributed by atoms with E-state index in [0.717, 1.165) is 11.4 Å². The standard InChI is InChI=1S/C26H28N4O3/c1-18(2)25(32)29-22-9-7-8-21(16-22)27-17-24(31)28-20-14-12-19(13-15-20)26(33)30(3)23-10-5-4-6-11-23/h4-16,18,27H,17H2,1-3H3,(H,28,31)(H,29,32). The van der Waals surface area contributed by atoms with Crippen LogP contribution >= 0.6 is 0 Å². The van der Waals surface area contributed by atoms with Crippen LogP contribution in [-0.2, 0) is 9.59 Å². The molecule has 0 saturated heterocycles. The van der Waals surface area contributed by atoms with E-state index in [-0.39, 0.29) is 30.2 Å². The van der Waals surface area contributed by atoms with Crippen LogP contribution in [0.4, 0.5) is 22.7 Å². The van der Waals surface area contributed by atoms with Gasteiger partial charge in [0.05, 0.1) is 6.54 Å². The summed E-state index contributed by atoms with van der Waals surface area (Å²) < 4.78 is 0. The van der Waals surface area contributed by atoms with E-state index in [9.17, 15) is 14.4 Å². The van der Waals surface area contributed by atoms with Crippen molar-refractivity contribution in [3.05, 3.63) is 84.4 Å². The van der Waals surface area contributed by atoms with Crippen molar-refractivity contribution in [2.75, 3.05) is 34.4 Å². The molecule has 0 saturated carbocycles. The van der Waals surface area contributed by atoms with Gasteiger partial charge in [-0.25, -0.2) is 0 Å². The van der Waals surface area contributed by atoms with E-state index in [1.807, 2.05) is 50.2 Å². The zero-order chi connectivity index (χ0) is 23.8. The number of nitrogens with one attached hydrogen (secondary N) is 3. The molecule has 3 amide bonds. The molecule has 0 aliphatic rings. The third kappa shape index (κ3) is 6.67. The Balaban J connectivity index is 1.53. The van der Waals surface area contributed by atoms with Gasteiger partial charge in [0, 0.05) is 41.3 Å². The van der Waals surface area contributed by atoms with Gasteiger partial charge in [0.2, 0.25) is 11.8 Å². The molecule has 7 heteroatoms. The molecule has 0 spiro atoms. The predicted molar refractivity (Wildman–Crippen MR) is 133 cm³/mol. The Labute approximate surface area is 193 Å². The van der Waals surface area contributed by atoms with Crippen LogP contribution in [0.25, 0.3) is 0 Å². The van der Waals surface area contributed by atoms with Crippen LogP contribution in [0.2, 0.25) is 0 Å². The SMILES string of the molecule is CC(C)C(=O)Nc1cccc(NCC(=O)Nc2ccc(C(=O)N(C)c3ccccc3)cc2)c1. The summed E-state index contributed by atoms with van der Waals surface area (Å²) in [5, 5.41) is 8.68. The average Bonchev–Trinajstić information content (AvgIpc) is 2.83. The highest BCUT2D eigenvalue weighted by atomic mass is 16.2. The number of benzene rings is 3. The summed E-state index contributed by atoms with van der Waals surface area (Å²) in [7, 11) is 1.72. The minimum atomic E-state index is -0.230. The molecular weight excluding hydrogens is 416 g/mol. The first kappa shape index (κ1) is 23.5. The number of carbonyl (C=O) groups is 3. The first-order chi connectivity index (χ1) is 15.8. The van der Waals surface area contributed by atoms with Gasteiger partial charge in [-0.1, -0.05) is 38.1 Å². The van der Waals surface area contributed by atoms with Crippen molar-refractivity contribution in [2.24, 2.45) is 5.92 Å². The molecule has 0 fully saturated rings. The fourth-order valence-electron chi connectivity index (χ4n) is 3.04. The molecule has 0 aliphatic carbocycles. The Bertz CT molecular complexity index is 1110. The minimum absolute atomic E-state index is 0.0546. The van der Waals surface area contributed by atoms with Gasteiger partial charge in [0.25, 0.3) is 5.91 Å². The Morgan fingerprint density at radius 3 is 2.12 bits per heavy atom. The summed E-state index contributed by atoms with van der Waals surface area (Å²) in [6.45, 7) is 3.70. The van der Waals surface area contributed by atoms with Crippen LogP contribution < -0.4 is 20.9 Å². The van der Waals surface area contributed by atoms with Crippen LogP contribution in [0.1, 0.15) is 24.2 Å². The zero-order valence-corrected chi connectivity index (χ0v) is 19.0. The molecule has 0 radical (unpaired) electrons. The van der Waals surface area contributed by atoms with E-state index >= 15 is 0 Å². The lowest BCUT2D eigenvalue weighted by Crippen LogP contribution is -2.26. The zero-order valence-electron chi connectivity index (χ0n) is 19.0. The summed E-state index contributed by atoms with van der Waals surface area (Å²) in [4.78, 5) is 38.4. The summed E-state index contributed by atoms with van der Waals surface area (Å²) in [6, 6.07) is 23.4. The average molecular weight is 445 g/mol. The summed E-state index contributed by atoms with van der Waals surface area (Å²) in [6.07, 6.45) is 0. The van der Waals surface area contributed by atoms with E-state index in [1.54, 1.807) is 54.4 Å². The fraction of sp³-hybridized carbons (Fsp3) is 0.192. The molecule has 0 unspecified atom stereocenters. The largest absolute Gasteiger partial charge is 0.376 e. The molecule has 7 nitrogen and oxygen atoms in total. The second-order valence-electron chi connectivity index (χ2n) is 7.90. The van der Waals surface area contributed by atoms with E-state index < -0.39 is 0 Å². The van der Waals surface area contributed by atoms with Gasteiger partial charge >= 0.3 is 0 Å².